The number of allylic oxidation sites excluding steroid dienone is 5. The summed E-state index contributed by atoms with van der Waals surface area (Å²) >= 11 is 0. The molecule has 0 aromatic rings. The molecule has 0 saturated heterocycles. The Morgan fingerprint density at radius 3 is 2.50 bits per heavy atom. The van der Waals surface area contributed by atoms with E-state index < -0.39 is 0 Å². The maximum absolute atomic E-state index is 11.4. The molecule has 0 N–H and O–H groups in total. The van der Waals surface area contributed by atoms with Crippen LogP contribution in [0.15, 0.2) is 34.9 Å². The average Bonchev–Trinajstić information content (AvgIpc) is 2.47. The quantitative estimate of drug-likeness (QED) is 0.292. The molecule has 124 valence electrons. The van der Waals surface area contributed by atoms with Gasteiger partial charge in [-0.25, -0.2) is 4.79 Å². The first kappa shape index (κ1) is 18.7. The highest BCUT2D eigenvalue weighted by atomic mass is 16.5. The summed E-state index contributed by atoms with van der Waals surface area (Å²) in [6, 6.07) is 0. The molecule has 0 spiro atoms. The Kier molecular flexibility index (Phi) is 8.88. The Balaban J connectivity index is 2.39. The van der Waals surface area contributed by atoms with Gasteiger partial charge in [0, 0.05) is 6.08 Å². The third-order valence-corrected chi connectivity index (χ3v) is 4.45. The fraction of sp³-hybridized carbons (Fsp3) is 0.650. The Morgan fingerprint density at radius 2 is 1.95 bits per heavy atom. The van der Waals surface area contributed by atoms with E-state index >= 15 is 0 Å². The van der Waals surface area contributed by atoms with Gasteiger partial charge in [0.05, 0.1) is 6.61 Å². The maximum Gasteiger partial charge on any atom is 0.331 e. The summed E-state index contributed by atoms with van der Waals surface area (Å²) in [7, 11) is 0. The van der Waals surface area contributed by atoms with Gasteiger partial charge in [0.2, 0.25) is 0 Å². The van der Waals surface area contributed by atoms with Crippen molar-refractivity contribution in [3.05, 3.63) is 34.9 Å². The minimum Gasteiger partial charge on any atom is -0.463 e. The molecule has 0 aliphatic heterocycles. The van der Waals surface area contributed by atoms with Crippen LogP contribution < -0.4 is 0 Å². The molecular formula is C20H32O2. The van der Waals surface area contributed by atoms with Crippen molar-refractivity contribution in [1.29, 1.82) is 0 Å². The molecule has 1 rings (SSSR count). The lowest BCUT2D eigenvalue weighted by molar-refractivity contribution is -0.137. The SMILES string of the molecule is CCOC(=O)C=C1C=C(CC(CC)CCC=C(CC)CC)C1. The van der Waals surface area contributed by atoms with E-state index in [2.05, 4.69) is 32.9 Å². The minimum atomic E-state index is -0.211. The summed E-state index contributed by atoms with van der Waals surface area (Å²) in [5.41, 5.74) is 4.18. The lowest BCUT2D eigenvalue weighted by Gasteiger charge is -2.23. The molecule has 0 heterocycles. The van der Waals surface area contributed by atoms with Crippen molar-refractivity contribution in [3.63, 3.8) is 0 Å². The molecule has 0 aromatic heterocycles. The Hall–Kier alpha value is -1.31. The van der Waals surface area contributed by atoms with Gasteiger partial charge in [-0.1, -0.05) is 50.5 Å². The van der Waals surface area contributed by atoms with E-state index in [1.807, 2.05) is 6.92 Å². The number of rotatable bonds is 10. The van der Waals surface area contributed by atoms with Gasteiger partial charge in [0.1, 0.15) is 0 Å². The van der Waals surface area contributed by atoms with E-state index in [1.54, 1.807) is 11.6 Å². The van der Waals surface area contributed by atoms with Crippen molar-refractivity contribution in [2.45, 2.75) is 72.6 Å². The van der Waals surface area contributed by atoms with Gasteiger partial charge in [-0.15, -0.1) is 0 Å². The standard InChI is InChI=1S/C20H32O2/c1-5-16(6-2)10-9-11-17(7-3)12-18-13-19(14-18)15-20(21)22-8-4/h10,13,15,17H,5-9,11-12,14H2,1-4H3. The number of ether oxygens (including phenoxy) is 1. The summed E-state index contributed by atoms with van der Waals surface area (Å²) in [6.07, 6.45) is 14.4. The minimum absolute atomic E-state index is 0.211. The van der Waals surface area contributed by atoms with E-state index in [-0.39, 0.29) is 5.97 Å². The van der Waals surface area contributed by atoms with E-state index in [9.17, 15) is 4.79 Å². The van der Waals surface area contributed by atoms with E-state index in [0.717, 1.165) is 17.9 Å². The predicted molar refractivity (Wildman–Crippen MR) is 93.7 cm³/mol. The molecule has 0 amide bonds. The molecule has 0 bridgehead atoms. The maximum atomic E-state index is 11.4. The summed E-state index contributed by atoms with van der Waals surface area (Å²) in [4.78, 5) is 11.4. The number of esters is 1. The molecule has 1 unspecified atom stereocenters. The van der Waals surface area contributed by atoms with E-state index in [1.165, 1.54) is 44.1 Å². The zero-order valence-electron chi connectivity index (χ0n) is 14.8. The van der Waals surface area contributed by atoms with Crippen molar-refractivity contribution < 1.29 is 9.53 Å². The normalized spacial score (nSPS) is 16.7. The first-order chi connectivity index (χ1) is 10.6. The molecule has 0 fully saturated rings. The smallest absolute Gasteiger partial charge is 0.331 e. The van der Waals surface area contributed by atoms with Gasteiger partial charge in [0.25, 0.3) is 0 Å². The predicted octanol–water partition coefficient (Wildman–Crippen LogP) is 5.75. The van der Waals surface area contributed by atoms with E-state index in [0.29, 0.717) is 6.61 Å². The molecule has 1 aliphatic rings. The molecule has 1 atom stereocenters. The van der Waals surface area contributed by atoms with Gasteiger partial charge in [-0.2, -0.15) is 0 Å². The monoisotopic (exact) mass is 304 g/mol. The van der Waals surface area contributed by atoms with Crippen LogP contribution in [0.4, 0.5) is 0 Å². The fourth-order valence-electron chi connectivity index (χ4n) is 2.94. The average molecular weight is 304 g/mol. The third-order valence-electron chi connectivity index (χ3n) is 4.45. The highest BCUT2D eigenvalue weighted by Crippen LogP contribution is 2.33. The molecule has 2 heteroatoms. The molecule has 2 nitrogen and oxygen atoms in total. The van der Waals surface area contributed by atoms with Crippen LogP contribution in [0.3, 0.4) is 0 Å². The third kappa shape index (κ3) is 6.64. The number of hydrogen-bond donors (Lipinski definition) is 0. The molecule has 22 heavy (non-hydrogen) atoms. The lowest BCUT2D eigenvalue weighted by Crippen LogP contribution is -2.09. The molecule has 0 aromatic carbocycles. The molecule has 1 aliphatic carbocycles. The van der Waals surface area contributed by atoms with Gasteiger partial charge in [0.15, 0.2) is 0 Å². The lowest BCUT2D eigenvalue weighted by atomic mass is 9.83. The van der Waals surface area contributed by atoms with Crippen molar-refractivity contribution in [2.24, 2.45) is 5.92 Å². The van der Waals surface area contributed by atoms with Crippen LogP contribution in [-0.4, -0.2) is 12.6 Å². The van der Waals surface area contributed by atoms with Crippen LogP contribution in [0.5, 0.6) is 0 Å². The van der Waals surface area contributed by atoms with Crippen molar-refractivity contribution >= 4 is 5.97 Å². The highest BCUT2D eigenvalue weighted by molar-refractivity contribution is 5.84. The summed E-state index contributed by atoms with van der Waals surface area (Å²) in [5, 5.41) is 0. The van der Waals surface area contributed by atoms with Gasteiger partial charge < -0.3 is 4.74 Å². The molecular weight excluding hydrogens is 272 g/mol. The first-order valence-electron chi connectivity index (χ1n) is 8.87. The zero-order valence-corrected chi connectivity index (χ0v) is 14.8. The second kappa shape index (κ2) is 10.4. The van der Waals surface area contributed by atoms with Crippen LogP contribution in [0.1, 0.15) is 72.6 Å². The van der Waals surface area contributed by atoms with Gasteiger partial charge >= 0.3 is 5.97 Å². The van der Waals surface area contributed by atoms with Crippen molar-refractivity contribution in [1.82, 2.24) is 0 Å². The topological polar surface area (TPSA) is 26.3 Å². The van der Waals surface area contributed by atoms with Crippen LogP contribution >= 0.6 is 0 Å². The second-order valence-corrected chi connectivity index (χ2v) is 6.08. The van der Waals surface area contributed by atoms with Crippen molar-refractivity contribution in [3.8, 4) is 0 Å². The second-order valence-electron chi connectivity index (χ2n) is 6.08. The number of hydrogen-bond acceptors (Lipinski definition) is 2. The molecule has 0 saturated carbocycles. The van der Waals surface area contributed by atoms with Gasteiger partial charge in [-0.05, 0) is 56.9 Å². The van der Waals surface area contributed by atoms with E-state index in [4.69, 9.17) is 4.74 Å². The van der Waals surface area contributed by atoms with Crippen molar-refractivity contribution in [2.75, 3.05) is 6.61 Å². The Labute approximate surface area is 136 Å². The molecule has 0 radical (unpaired) electrons. The number of carbonyl (C=O) groups is 1. The fourth-order valence-corrected chi connectivity index (χ4v) is 2.94. The van der Waals surface area contributed by atoms with Crippen LogP contribution in [-0.2, 0) is 9.53 Å². The summed E-state index contributed by atoms with van der Waals surface area (Å²) in [5.74, 6) is 0.554. The van der Waals surface area contributed by atoms with Gasteiger partial charge in [-0.3, -0.25) is 0 Å². The van der Waals surface area contributed by atoms with Crippen LogP contribution in [0, 0.1) is 5.92 Å². The van der Waals surface area contributed by atoms with Crippen LogP contribution in [0.2, 0.25) is 0 Å². The first-order valence-corrected chi connectivity index (χ1v) is 8.87. The highest BCUT2D eigenvalue weighted by Gasteiger charge is 2.17. The number of carbonyl (C=O) groups excluding carboxylic acids is 1. The largest absolute Gasteiger partial charge is 0.463 e. The summed E-state index contributed by atoms with van der Waals surface area (Å²) < 4.78 is 4.93. The Morgan fingerprint density at radius 1 is 1.27 bits per heavy atom. The Bertz CT molecular complexity index is 435. The zero-order chi connectivity index (χ0) is 16.4. The summed E-state index contributed by atoms with van der Waals surface area (Å²) in [6.45, 7) is 9.04. The van der Waals surface area contributed by atoms with Crippen LogP contribution in [0.25, 0.3) is 0 Å².